The van der Waals surface area contributed by atoms with Gasteiger partial charge in [0, 0.05) is 12.8 Å². The third-order valence-electron chi connectivity index (χ3n) is 8.53. The zero-order valence-corrected chi connectivity index (χ0v) is 31.3. The number of hydrogen-bond donors (Lipinski definition) is 2. The van der Waals surface area contributed by atoms with Gasteiger partial charge in [-0.3, -0.25) is 14.1 Å². The molecule has 0 heterocycles. The highest BCUT2D eigenvalue weighted by molar-refractivity contribution is 7.46. The van der Waals surface area contributed by atoms with Crippen LogP contribution in [0.25, 0.3) is 0 Å². The molecule has 0 aromatic heterocycles. The van der Waals surface area contributed by atoms with Crippen LogP contribution in [0.1, 0.15) is 200 Å². The van der Waals surface area contributed by atoms with Gasteiger partial charge in [0.05, 0.1) is 6.61 Å². The van der Waals surface area contributed by atoms with Crippen LogP contribution in [0.3, 0.4) is 0 Å². The number of hydrogen-bond acceptors (Lipinski definition) is 6. The maximum absolute atomic E-state index is 12.3. The topological polar surface area (TPSA) is 119 Å². The van der Waals surface area contributed by atoms with Gasteiger partial charge in [-0.2, -0.15) is 0 Å². The van der Waals surface area contributed by atoms with E-state index in [0.717, 1.165) is 38.5 Å². The van der Waals surface area contributed by atoms with Gasteiger partial charge < -0.3 is 19.3 Å². The SMILES string of the molecule is CCCCCCCC/C=C/CCCCCCCCCCCCCC(=O)OC[C@H](COP(=O)(O)O)OC(=O)CCCCCCCCCC. The maximum Gasteiger partial charge on any atom is 0.469 e. The molecule has 1 atom stereocenters. The van der Waals surface area contributed by atoms with Gasteiger partial charge in [-0.25, -0.2) is 4.57 Å². The highest BCUT2D eigenvalue weighted by Gasteiger charge is 2.22. The fourth-order valence-corrected chi connectivity index (χ4v) is 5.96. The first kappa shape index (κ1) is 45.8. The Morgan fingerprint density at radius 3 is 1.30 bits per heavy atom. The van der Waals surface area contributed by atoms with E-state index in [1.54, 1.807) is 0 Å². The van der Waals surface area contributed by atoms with Gasteiger partial charge in [0.25, 0.3) is 0 Å². The third-order valence-corrected chi connectivity index (χ3v) is 9.02. The number of carbonyl (C=O) groups excluding carboxylic acids is 2. The Bertz CT molecular complexity index is 782. The van der Waals surface area contributed by atoms with Crippen LogP contribution in [0.5, 0.6) is 0 Å². The summed E-state index contributed by atoms with van der Waals surface area (Å²) in [4.78, 5) is 42.5. The van der Waals surface area contributed by atoms with Crippen molar-refractivity contribution in [3.05, 3.63) is 12.2 Å². The fraction of sp³-hybridized carbons (Fsp3) is 0.895. The Morgan fingerprint density at radius 2 is 0.894 bits per heavy atom. The number of rotatable bonds is 36. The van der Waals surface area contributed by atoms with Crippen LogP contribution in [-0.4, -0.2) is 41.0 Å². The molecule has 0 unspecified atom stereocenters. The van der Waals surface area contributed by atoms with Gasteiger partial charge in [-0.05, 0) is 38.5 Å². The van der Waals surface area contributed by atoms with Crippen molar-refractivity contribution in [2.45, 2.75) is 206 Å². The highest BCUT2D eigenvalue weighted by atomic mass is 31.2. The molecule has 0 aliphatic heterocycles. The van der Waals surface area contributed by atoms with Gasteiger partial charge >= 0.3 is 19.8 Å². The molecular formula is C38H73O8P. The second-order valence-electron chi connectivity index (χ2n) is 13.3. The number of carbonyl (C=O) groups is 2. The lowest BCUT2D eigenvalue weighted by molar-refractivity contribution is -0.161. The van der Waals surface area contributed by atoms with Crippen molar-refractivity contribution in [1.82, 2.24) is 0 Å². The first-order valence-electron chi connectivity index (χ1n) is 19.5. The number of esters is 2. The van der Waals surface area contributed by atoms with E-state index in [-0.39, 0.29) is 19.4 Å². The molecule has 0 saturated carbocycles. The molecule has 278 valence electrons. The molecule has 0 aliphatic rings. The minimum Gasteiger partial charge on any atom is -0.462 e. The number of ether oxygens (including phenoxy) is 2. The van der Waals surface area contributed by atoms with E-state index in [1.165, 1.54) is 128 Å². The molecule has 0 saturated heterocycles. The van der Waals surface area contributed by atoms with Gasteiger partial charge in [-0.15, -0.1) is 0 Å². The van der Waals surface area contributed by atoms with Crippen LogP contribution in [0.4, 0.5) is 0 Å². The van der Waals surface area contributed by atoms with Gasteiger partial charge in [0.2, 0.25) is 0 Å². The van der Waals surface area contributed by atoms with Crippen molar-refractivity contribution < 1.29 is 37.9 Å². The Hall–Kier alpha value is -1.21. The van der Waals surface area contributed by atoms with E-state index < -0.39 is 32.5 Å². The quantitative estimate of drug-likeness (QED) is 0.0289. The molecule has 0 spiro atoms. The zero-order chi connectivity index (χ0) is 34.7. The summed E-state index contributed by atoms with van der Waals surface area (Å²) in [5.41, 5.74) is 0. The summed E-state index contributed by atoms with van der Waals surface area (Å²) in [5.74, 6) is -0.883. The molecule has 0 aliphatic carbocycles. The molecule has 0 amide bonds. The molecular weight excluding hydrogens is 615 g/mol. The lowest BCUT2D eigenvalue weighted by Crippen LogP contribution is -2.29. The highest BCUT2D eigenvalue weighted by Crippen LogP contribution is 2.36. The van der Waals surface area contributed by atoms with Gasteiger partial charge in [0.1, 0.15) is 6.61 Å². The number of allylic oxidation sites excluding steroid dienone is 2. The predicted molar refractivity (Wildman–Crippen MR) is 193 cm³/mol. The van der Waals surface area contributed by atoms with E-state index >= 15 is 0 Å². The molecule has 0 radical (unpaired) electrons. The minimum absolute atomic E-state index is 0.215. The summed E-state index contributed by atoms with van der Waals surface area (Å²) in [6.45, 7) is 3.64. The maximum atomic E-state index is 12.3. The first-order valence-corrected chi connectivity index (χ1v) is 21.0. The van der Waals surface area contributed by atoms with Crippen molar-refractivity contribution in [3.8, 4) is 0 Å². The van der Waals surface area contributed by atoms with Crippen molar-refractivity contribution in [1.29, 1.82) is 0 Å². The fourth-order valence-electron chi connectivity index (χ4n) is 5.60. The average Bonchev–Trinajstić information content (AvgIpc) is 3.04. The van der Waals surface area contributed by atoms with Crippen LogP contribution >= 0.6 is 7.82 Å². The van der Waals surface area contributed by atoms with Crippen LogP contribution in [0.2, 0.25) is 0 Å². The lowest BCUT2D eigenvalue weighted by Gasteiger charge is -2.18. The van der Waals surface area contributed by atoms with E-state index in [2.05, 4.69) is 30.5 Å². The zero-order valence-electron chi connectivity index (χ0n) is 30.4. The molecule has 8 nitrogen and oxygen atoms in total. The molecule has 9 heteroatoms. The van der Waals surface area contributed by atoms with Crippen LogP contribution in [0, 0.1) is 0 Å². The molecule has 47 heavy (non-hydrogen) atoms. The Morgan fingerprint density at radius 1 is 0.532 bits per heavy atom. The first-order chi connectivity index (χ1) is 22.8. The molecule has 0 bridgehead atoms. The largest absolute Gasteiger partial charge is 0.469 e. The van der Waals surface area contributed by atoms with E-state index in [4.69, 9.17) is 19.3 Å². The molecule has 0 aromatic rings. The number of phosphoric ester groups is 1. The standard InChI is InChI=1S/C38H73O8P/c1-3-5-7-9-11-13-14-15-16-17-18-19-20-21-22-23-24-25-27-28-30-32-37(39)44-34-36(35-45-47(41,42)43)46-38(40)33-31-29-26-12-10-8-6-4-2/h15-16,36H,3-14,17-35H2,1-2H3,(H2,41,42,43)/b16-15+/t36-/m1/s1. The van der Waals surface area contributed by atoms with Crippen molar-refractivity contribution in [2.24, 2.45) is 0 Å². The van der Waals surface area contributed by atoms with E-state index in [0.29, 0.717) is 6.42 Å². The van der Waals surface area contributed by atoms with E-state index in [9.17, 15) is 14.2 Å². The second kappa shape index (κ2) is 34.6. The van der Waals surface area contributed by atoms with Crippen molar-refractivity contribution in [3.63, 3.8) is 0 Å². The lowest BCUT2D eigenvalue weighted by atomic mass is 10.0. The Balaban J connectivity index is 3.80. The summed E-state index contributed by atoms with van der Waals surface area (Å²) in [7, 11) is -4.74. The predicted octanol–water partition coefficient (Wildman–Crippen LogP) is 11.5. The second-order valence-corrected chi connectivity index (χ2v) is 14.5. The smallest absolute Gasteiger partial charge is 0.462 e. The summed E-state index contributed by atoms with van der Waals surface area (Å²) >= 11 is 0. The monoisotopic (exact) mass is 689 g/mol. The number of unbranched alkanes of at least 4 members (excludes halogenated alkanes) is 24. The van der Waals surface area contributed by atoms with Crippen LogP contribution in [-0.2, 0) is 28.2 Å². The average molecular weight is 689 g/mol. The van der Waals surface area contributed by atoms with Crippen molar-refractivity contribution >= 4 is 19.8 Å². The van der Waals surface area contributed by atoms with Gasteiger partial charge in [-0.1, -0.05) is 161 Å². The number of phosphoric acid groups is 1. The molecule has 0 fully saturated rings. The summed E-state index contributed by atoms with van der Waals surface area (Å²) in [6.07, 6.45) is 36.7. The van der Waals surface area contributed by atoms with E-state index in [1.807, 2.05) is 0 Å². The molecule has 0 rings (SSSR count). The Labute approximate surface area is 288 Å². The van der Waals surface area contributed by atoms with Gasteiger partial charge in [0.15, 0.2) is 6.10 Å². The molecule has 2 N–H and O–H groups in total. The van der Waals surface area contributed by atoms with Crippen molar-refractivity contribution in [2.75, 3.05) is 13.2 Å². The third kappa shape index (κ3) is 37.5. The Kier molecular flexibility index (Phi) is 33.8. The summed E-state index contributed by atoms with van der Waals surface area (Å²) in [6, 6.07) is 0. The summed E-state index contributed by atoms with van der Waals surface area (Å²) in [5, 5.41) is 0. The van der Waals surface area contributed by atoms with Crippen LogP contribution in [0.15, 0.2) is 12.2 Å². The molecule has 0 aromatic carbocycles. The normalized spacial score (nSPS) is 12.5. The minimum atomic E-state index is -4.74. The summed E-state index contributed by atoms with van der Waals surface area (Å²) < 4.78 is 26.2. The van der Waals surface area contributed by atoms with Crippen LogP contribution < -0.4 is 0 Å².